The lowest BCUT2D eigenvalue weighted by atomic mass is 10.3. The molecule has 1 amide bonds. The summed E-state index contributed by atoms with van der Waals surface area (Å²) < 4.78 is 25.5. The smallest absolute Gasteiger partial charge is 0.251 e. The second-order valence-electron chi connectivity index (χ2n) is 5.46. The molecule has 1 heterocycles. The number of aromatic nitrogens is 2. The van der Waals surface area contributed by atoms with Crippen molar-refractivity contribution in [3.63, 3.8) is 0 Å². The summed E-state index contributed by atoms with van der Waals surface area (Å²) >= 11 is 7.03. The van der Waals surface area contributed by atoms with Gasteiger partial charge in [0.2, 0.25) is 15.9 Å². The standard InChI is InChI=1S/C15H17ClN4O4S2/c1-9-6-13(21)19-15(17-9)25-8-14(22)18-10-4-5-11(16)12(7-10)26(23,24)20(2)3/h4-7H,8H2,1-3H3,(H,18,22)(H,17,19,21). The van der Waals surface area contributed by atoms with Crippen LogP contribution in [0.25, 0.3) is 0 Å². The molecule has 1 aromatic carbocycles. The number of aryl methyl sites for hydroxylation is 1. The fourth-order valence-corrected chi connectivity index (χ4v) is 4.04. The summed E-state index contributed by atoms with van der Waals surface area (Å²) in [5.74, 6) is -0.389. The molecule has 0 radical (unpaired) electrons. The van der Waals surface area contributed by atoms with Gasteiger partial charge in [-0.25, -0.2) is 17.7 Å². The lowest BCUT2D eigenvalue weighted by molar-refractivity contribution is -0.113. The Kier molecular flexibility index (Phi) is 6.45. The zero-order valence-electron chi connectivity index (χ0n) is 14.2. The lowest BCUT2D eigenvalue weighted by Crippen LogP contribution is -2.23. The van der Waals surface area contributed by atoms with Gasteiger partial charge in [-0.05, 0) is 25.1 Å². The van der Waals surface area contributed by atoms with Crippen molar-refractivity contribution in [3.8, 4) is 0 Å². The number of sulfonamides is 1. The predicted octanol–water partition coefficient (Wildman–Crippen LogP) is 1.71. The maximum absolute atomic E-state index is 12.2. The van der Waals surface area contributed by atoms with E-state index in [1.165, 1.54) is 38.4 Å². The maximum atomic E-state index is 12.2. The number of hydrogen-bond acceptors (Lipinski definition) is 6. The predicted molar refractivity (Wildman–Crippen MR) is 101 cm³/mol. The van der Waals surface area contributed by atoms with Gasteiger partial charge in [-0.1, -0.05) is 23.4 Å². The highest BCUT2D eigenvalue weighted by Crippen LogP contribution is 2.27. The molecule has 11 heteroatoms. The molecule has 0 bridgehead atoms. The largest absolute Gasteiger partial charge is 0.325 e. The van der Waals surface area contributed by atoms with Crippen molar-refractivity contribution in [3.05, 3.63) is 45.3 Å². The summed E-state index contributed by atoms with van der Waals surface area (Å²) in [4.78, 5) is 30.0. The Balaban J connectivity index is 2.11. The zero-order chi connectivity index (χ0) is 19.5. The molecule has 0 unspecified atom stereocenters. The molecule has 0 fully saturated rings. The molecule has 2 N–H and O–H groups in total. The number of halogens is 1. The van der Waals surface area contributed by atoms with Crippen LogP contribution >= 0.6 is 23.4 Å². The topological polar surface area (TPSA) is 112 Å². The van der Waals surface area contributed by atoms with Crippen molar-refractivity contribution >= 4 is 45.0 Å². The van der Waals surface area contributed by atoms with E-state index in [0.717, 1.165) is 16.1 Å². The quantitative estimate of drug-likeness (QED) is 0.547. The van der Waals surface area contributed by atoms with Crippen LogP contribution < -0.4 is 10.9 Å². The average molecular weight is 417 g/mol. The molecular formula is C15H17ClN4O4S2. The highest BCUT2D eigenvalue weighted by molar-refractivity contribution is 7.99. The van der Waals surface area contributed by atoms with Crippen LogP contribution in [0.15, 0.2) is 39.1 Å². The molecule has 0 saturated heterocycles. The van der Waals surface area contributed by atoms with Crippen LogP contribution in [0.2, 0.25) is 5.02 Å². The lowest BCUT2D eigenvalue weighted by Gasteiger charge is -2.14. The Morgan fingerprint density at radius 2 is 2.04 bits per heavy atom. The third-order valence-electron chi connectivity index (χ3n) is 3.16. The van der Waals surface area contributed by atoms with Gasteiger partial charge in [-0.15, -0.1) is 0 Å². The highest BCUT2D eigenvalue weighted by Gasteiger charge is 2.21. The van der Waals surface area contributed by atoms with Gasteiger partial charge in [0.15, 0.2) is 5.16 Å². The molecule has 0 aliphatic rings. The van der Waals surface area contributed by atoms with Crippen molar-refractivity contribution in [1.29, 1.82) is 0 Å². The summed E-state index contributed by atoms with van der Waals surface area (Å²) in [6.45, 7) is 1.68. The minimum Gasteiger partial charge on any atom is -0.325 e. The summed E-state index contributed by atoms with van der Waals surface area (Å²) in [5, 5.41) is 2.99. The first kappa shape index (κ1) is 20.4. The van der Waals surface area contributed by atoms with E-state index in [2.05, 4.69) is 15.3 Å². The van der Waals surface area contributed by atoms with Crippen LogP contribution in [0.5, 0.6) is 0 Å². The molecule has 26 heavy (non-hydrogen) atoms. The van der Waals surface area contributed by atoms with Crippen LogP contribution in [0, 0.1) is 6.92 Å². The number of carbonyl (C=O) groups excluding carboxylic acids is 1. The zero-order valence-corrected chi connectivity index (χ0v) is 16.6. The number of H-pyrrole nitrogens is 1. The normalized spacial score (nSPS) is 11.6. The molecule has 2 rings (SSSR count). The summed E-state index contributed by atoms with van der Waals surface area (Å²) in [6, 6.07) is 5.56. The molecule has 140 valence electrons. The molecule has 8 nitrogen and oxygen atoms in total. The monoisotopic (exact) mass is 416 g/mol. The number of nitrogens with zero attached hydrogens (tertiary/aromatic N) is 2. The van der Waals surface area contributed by atoms with Crippen LogP contribution in [-0.4, -0.2) is 48.4 Å². The van der Waals surface area contributed by atoms with Gasteiger partial charge < -0.3 is 10.3 Å². The molecule has 0 aliphatic heterocycles. The second kappa shape index (κ2) is 8.21. The summed E-state index contributed by atoms with van der Waals surface area (Å²) in [7, 11) is -0.951. The van der Waals surface area contributed by atoms with Crippen molar-refractivity contribution in [1.82, 2.24) is 14.3 Å². The number of amides is 1. The number of hydrogen-bond donors (Lipinski definition) is 2. The van der Waals surface area contributed by atoms with Gasteiger partial charge in [0.25, 0.3) is 5.56 Å². The Morgan fingerprint density at radius 1 is 1.35 bits per heavy atom. The van der Waals surface area contributed by atoms with Crippen LogP contribution in [0.4, 0.5) is 5.69 Å². The minimum absolute atomic E-state index is 0.00914. The van der Waals surface area contributed by atoms with E-state index in [4.69, 9.17) is 11.6 Å². The van der Waals surface area contributed by atoms with E-state index >= 15 is 0 Å². The number of nitrogens with one attached hydrogen (secondary N) is 2. The first-order chi connectivity index (χ1) is 12.1. The van der Waals surface area contributed by atoms with E-state index < -0.39 is 10.0 Å². The Hall–Kier alpha value is -1.88. The number of carbonyl (C=O) groups is 1. The van der Waals surface area contributed by atoms with Crippen LogP contribution in [0.3, 0.4) is 0 Å². The molecule has 0 saturated carbocycles. The van der Waals surface area contributed by atoms with Gasteiger partial charge in [-0.3, -0.25) is 9.59 Å². The van der Waals surface area contributed by atoms with Crippen molar-refractivity contribution in [2.45, 2.75) is 17.0 Å². The fraction of sp³-hybridized carbons (Fsp3) is 0.267. The van der Waals surface area contributed by atoms with E-state index in [1.54, 1.807) is 6.92 Å². The van der Waals surface area contributed by atoms with E-state index in [0.29, 0.717) is 16.5 Å². The van der Waals surface area contributed by atoms with Gasteiger partial charge in [-0.2, -0.15) is 0 Å². The average Bonchev–Trinajstić information content (AvgIpc) is 2.53. The summed E-state index contributed by atoms with van der Waals surface area (Å²) in [6.07, 6.45) is 0. The molecule has 1 aromatic heterocycles. The molecule has 0 aliphatic carbocycles. The third kappa shape index (κ3) is 5.07. The molecule has 0 atom stereocenters. The van der Waals surface area contributed by atoms with Gasteiger partial charge >= 0.3 is 0 Å². The van der Waals surface area contributed by atoms with Gasteiger partial charge in [0.05, 0.1) is 10.8 Å². The van der Waals surface area contributed by atoms with Crippen molar-refractivity contribution in [2.24, 2.45) is 0 Å². The van der Waals surface area contributed by atoms with Crippen LogP contribution in [0.1, 0.15) is 5.69 Å². The number of rotatable bonds is 6. The van der Waals surface area contributed by atoms with E-state index in [9.17, 15) is 18.0 Å². The highest BCUT2D eigenvalue weighted by atomic mass is 35.5. The first-order valence-corrected chi connectivity index (χ1v) is 10.1. The van der Waals surface area contributed by atoms with E-state index in [-0.39, 0.29) is 27.1 Å². The number of anilines is 1. The van der Waals surface area contributed by atoms with Gasteiger partial charge in [0.1, 0.15) is 4.90 Å². The first-order valence-electron chi connectivity index (χ1n) is 7.32. The minimum atomic E-state index is -3.74. The Bertz CT molecular complexity index is 989. The Labute approximate surface area is 160 Å². The molecule has 2 aromatic rings. The SMILES string of the molecule is Cc1cc(=O)[nH]c(SCC(=O)Nc2ccc(Cl)c(S(=O)(=O)N(C)C)c2)n1. The van der Waals surface area contributed by atoms with Crippen molar-refractivity contribution in [2.75, 3.05) is 25.2 Å². The molecule has 0 spiro atoms. The molecular weight excluding hydrogens is 400 g/mol. The van der Waals surface area contributed by atoms with E-state index in [1.807, 2.05) is 0 Å². The van der Waals surface area contributed by atoms with Crippen molar-refractivity contribution < 1.29 is 13.2 Å². The number of thioether (sulfide) groups is 1. The Morgan fingerprint density at radius 3 is 2.65 bits per heavy atom. The van der Waals surface area contributed by atoms with Gasteiger partial charge in [0, 0.05) is 31.5 Å². The third-order valence-corrected chi connectivity index (χ3v) is 6.33. The number of benzene rings is 1. The summed E-state index contributed by atoms with van der Waals surface area (Å²) in [5.41, 5.74) is 0.552. The number of aromatic amines is 1. The fourth-order valence-electron chi connectivity index (χ4n) is 1.93. The van der Waals surface area contributed by atoms with Crippen LogP contribution in [-0.2, 0) is 14.8 Å². The second-order valence-corrected chi connectivity index (χ2v) is 8.95. The maximum Gasteiger partial charge on any atom is 0.251 e.